The van der Waals surface area contributed by atoms with Crippen LogP contribution >= 0.6 is 0 Å². The fourth-order valence-electron chi connectivity index (χ4n) is 2.56. The molecule has 0 atom stereocenters. The van der Waals surface area contributed by atoms with Crippen molar-refractivity contribution in [3.05, 3.63) is 29.8 Å². The van der Waals surface area contributed by atoms with Crippen LogP contribution in [0.3, 0.4) is 0 Å². The zero-order chi connectivity index (χ0) is 15.3. The third kappa shape index (κ3) is 4.46. The van der Waals surface area contributed by atoms with E-state index in [1.54, 1.807) is 0 Å². The highest BCUT2D eigenvalue weighted by atomic mass is 32.2. The molecule has 116 valence electrons. The summed E-state index contributed by atoms with van der Waals surface area (Å²) in [4.78, 5) is 10.7. The van der Waals surface area contributed by atoms with E-state index in [4.69, 9.17) is 9.84 Å². The number of carbonyl (C=O) groups is 1. The van der Waals surface area contributed by atoms with Gasteiger partial charge in [-0.25, -0.2) is 13.2 Å². The standard InChI is InChI=1S/C15H20O5S/c16-15(17)12-6-8-13(9-7-12)20-10-11-21(18,19)14-4-2-1-3-5-14/h6-9,14H,1-5,10-11H2,(H,16,17). The average molecular weight is 312 g/mol. The predicted molar refractivity (Wildman–Crippen MR) is 79.6 cm³/mol. The van der Waals surface area contributed by atoms with Crippen molar-refractivity contribution >= 4 is 15.8 Å². The van der Waals surface area contributed by atoms with Gasteiger partial charge in [0.25, 0.3) is 0 Å². The van der Waals surface area contributed by atoms with Crippen molar-refractivity contribution in [3.8, 4) is 5.75 Å². The molecule has 0 saturated heterocycles. The molecule has 1 aromatic carbocycles. The molecule has 21 heavy (non-hydrogen) atoms. The van der Waals surface area contributed by atoms with Crippen LogP contribution in [0.4, 0.5) is 0 Å². The van der Waals surface area contributed by atoms with Gasteiger partial charge < -0.3 is 9.84 Å². The SMILES string of the molecule is O=C(O)c1ccc(OCCS(=O)(=O)C2CCCCC2)cc1. The summed E-state index contributed by atoms with van der Waals surface area (Å²) in [5, 5.41) is 8.56. The summed E-state index contributed by atoms with van der Waals surface area (Å²) in [6.07, 6.45) is 4.62. The van der Waals surface area contributed by atoms with Gasteiger partial charge in [0.2, 0.25) is 0 Å². The van der Waals surface area contributed by atoms with Gasteiger partial charge >= 0.3 is 5.97 Å². The van der Waals surface area contributed by atoms with Crippen molar-refractivity contribution in [2.45, 2.75) is 37.4 Å². The van der Waals surface area contributed by atoms with E-state index in [1.165, 1.54) is 24.3 Å². The van der Waals surface area contributed by atoms with E-state index in [0.29, 0.717) is 5.75 Å². The first-order valence-corrected chi connectivity index (χ1v) is 8.88. The van der Waals surface area contributed by atoms with Gasteiger partial charge in [-0.1, -0.05) is 19.3 Å². The highest BCUT2D eigenvalue weighted by Crippen LogP contribution is 2.24. The lowest BCUT2D eigenvalue weighted by Gasteiger charge is -2.21. The molecular formula is C15H20O5S. The molecule has 0 heterocycles. The Hall–Kier alpha value is -1.56. The van der Waals surface area contributed by atoms with E-state index >= 15 is 0 Å². The summed E-state index contributed by atoms with van der Waals surface area (Å²) in [6.45, 7) is 0.102. The molecule has 0 amide bonds. The number of hydrogen-bond acceptors (Lipinski definition) is 4. The van der Waals surface area contributed by atoms with Gasteiger partial charge in [-0.05, 0) is 37.1 Å². The Balaban J connectivity index is 1.84. The smallest absolute Gasteiger partial charge is 0.335 e. The third-order valence-corrected chi connectivity index (χ3v) is 6.02. The number of hydrogen-bond donors (Lipinski definition) is 1. The van der Waals surface area contributed by atoms with Crippen molar-refractivity contribution < 1.29 is 23.1 Å². The van der Waals surface area contributed by atoms with E-state index in [0.717, 1.165) is 32.1 Å². The lowest BCUT2D eigenvalue weighted by molar-refractivity contribution is 0.0697. The monoisotopic (exact) mass is 312 g/mol. The van der Waals surface area contributed by atoms with Crippen molar-refractivity contribution in [3.63, 3.8) is 0 Å². The van der Waals surface area contributed by atoms with Crippen LogP contribution in [0, 0.1) is 0 Å². The molecule has 0 unspecified atom stereocenters. The molecule has 1 N–H and O–H groups in total. The number of benzene rings is 1. The molecule has 0 aliphatic heterocycles. The van der Waals surface area contributed by atoms with Crippen LogP contribution in [0.25, 0.3) is 0 Å². The molecule has 5 nitrogen and oxygen atoms in total. The van der Waals surface area contributed by atoms with E-state index in [-0.39, 0.29) is 23.2 Å². The van der Waals surface area contributed by atoms with Gasteiger partial charge in [0, 0.05) is 0 Å². The second-order valence-corrected chi connectivity index (χ2v) is 7.71. The number of carboxylic acid groups (broad SMARTS) is 1. The van der Waals surface area contributed by atoms with E-state index < -0.39 is 15.8 Å². The Bertz CT molecular complexity index is 571. The highest BCUT2D eigenvalue weighted by Gasteiger charge is 2.26. The van der Waals surface area contributed by atoms with Crippen molar-refractivity contribution in [1.82, 2.24) is 0 Å². The molecule has 0 radical (unpaired) electrons. The zero-order valence-electron chi connectivity index (χ0n) is 11.8. The Kier molecular flexibility index (Phi) is 5.22. The Morgan fingerprint density at radius 3 is 2.33 bits per heavy atom. The summed E-state index contributed by atoms with van der Waals surface area (Å²) in [6, 6.07) is 5.95. The second kappa shape index (κ2) is 6.93. The maximum Gasteiger partial charge on any atom is 0.335 e. The second-order valence-electron chi connectivity index (χ2n) is 5.30. The topological polar surface area (TPSA) is 80.7 Å². The Morgan fingerprint density at radius 1 is 1.14 bits per heavy atom. The van der Waals surface area contributed by atoms with Crippen molar-refractivity contribution in [2.24, 2.45) is 0 Å². The molecule has 1 aliphatic rings. The molecule has 6 heteroatoms. The molecule has 1 aliphatic carbocycles. The zero-order valence-corrected chi connectivity index (χ0v) is 12.6. The largest absolute Gasteiger partial charge is 0.493 e. The quantitative estimate of drug-likeness (QED) is 0.873. The number of carboxylic acids is 1. The van der Waals surface area contributed by atoms with Crippen molar-refractivity contribution in [2.75, 3.05) is 12.4 Å². The lowest BCUT2D eigenvalue weighted by atomic mass is 10.0. The maximum absolute atomic E-state index is 12.2. The van der Waals surface area contributed by atoms with Gasteiger partial charge in [0.05, 0.1) is 16.6 Å². The first-order chi connectivity index (χ1) is 9.99. The average Bonchev–Trinajstić information content (AvgIpc) is 2.48. The van der Waals surface area contributed by atoms with Gasteiger partial charge in [0.15, 0.2) is 9.84 Å². The maximum atomic E-state index is 12.2. The minimum atomic E-state index is -3.09. The van der Waals surface area contributed by atoms with Gasteiger partial charge in [-0.2, -0.15) is 0 Å². The first-order valence-electron chi connectivity index (χ1n) is 7.17. The van der Waals surface area contributed by atoms with Gasteiger partial charge in [0.1, 0.15) is 12.4 Å². The predicted octanol–water partition coefficient (Wildman–Crippen LogP) is 2.51. The summed E-state index contributed by atoms with van der Waals surface area (Å²) in [5.74, 6) is -0.501. The first kappa shape index (κ1) is 15.8. The summed E-state index contributed by atoms with van der Waals surface area (Å²) >= 11 is 0. The molecular weight excluding hydrogens is 292 g/mol. The fourth-order valence-corrected chi connectivity index (χ4v) is 4.26. The van der Waals surface area contributed by atoms with E-state index in [2.05, 4.69) is 0 Å². The highest BCUT2D eigenvalue weighted by molar-refractivity contribution is 7.92. The van der Waals surface area contributed by atoms with Crippen molar-refractivity contribution in [1.29, 1.82) is 0 Å². The molecule has 0 bridgehead atoms. The lowest BCUT2D eigenvalue weighted by Crippen LogP contribution is -2.28. The number of rotatable bonds is 6. The van der Waals surface area contributed by atoms with Crippen LogP contribution in [0.5, 0.6) is 5.75 Å². The number of ether oxygens (including phenoxy) is 1. The van der Waals surface area contributed by atoms with Crippen LogP contribution in [-0.2, 0) is 9.84 Å². The Labute approximate surface area is 124 Å². The molecule has 0 aromatic heterocycles. The molecule has 2 rings (SSSR count). The normalized spacial score (nSPS) is 16.6. The van der Waals surface area contributed by atoms with Gasteiger partial charge in [-0.3, -0.25) is 0 Å². The molecule has 1 fully saturated rings. The molecule has 0 spiro atoms. The molecule has 1 aromatic rings. The van der Waals surface area contributed by atoms with Crippen LogP contribution < -0.4 is 4.74 Å². The number of sulfone groups is 1. The fraction of sp³-hybridized carbons (Fsp3) is 0.533. The van der Waals surface area contributed by atoms with Crippen LogP contribution in [0.2, 0.25) is 0 Å². The van der Waals surface area contributed by atoms with E-state index in [9.17, 15) is 13.2 Å². The van der Waals surface area contributed by atoms with Crippen LogP contribution in [-0.4, -0.2) is 37.1 Å². The third-order valence-electron chi connectivity index (χ3n) is 3.80. The van der Waals surface area contributed by atoms with Crippen LogP contribution in [0.15, 0.2) is 24.3 Å². The number of aromatic carboxylic acids is 1. The van der Waals surface area contributed by atoms with E-state index in [1.807, 2.05) is 0 Å². The van der Waals surface area contributed by atoms with Crippen LogP contribution in [0.1, 0.15) is 42.5 Å². The summed E-state index contributed by atoms with van der Waals surface area (Å²) in [5.41, 5.74) is 0.178. The summed E-state index contributed by atoms with van der Waals surface area (Å²) < 4.78 is 29.7. The molecule has 1 saturated carbocycles. The van der Waals surface area contributed by atoms with Gasteiger partial charge in [-0.15, -0.1) is 0 Å². The summed E-state index contributed by atoms with van der Waals surface area (Å²) in [7, 11) is -3.09. The Morgan fingerprint density at radius 2 is 1.76 bits per heavy atom. The minimum absolute atomic E-state index is 0.0123. The minimum Gasteiger partial charge on any atom is -0.493 e.